The number of rotatable bonds is 4. The van der Waals surface area contributed by atoms with Crippen LogP contribution in [0.15, 0.2) is 53.7 Å². The molecule has 0 spiro atoms. The number of carbonyl (C=O) groups excluding carboxylic acids is 1. The van der Waals surface area contributed by atoms with Crippen molar-refractivity contribution in [1.82, 2.24) is 15.2 Å². The van der Waals surface area contributed by atoms with Crippen molar-refractivity contribution in [3.8, 4) is 17.1 Å². The number of carbonyl (C=O) groups is 1. The van der Waals surface area contributed by atoms with Gasteiger partial charge in [-0.2, -0.15) is 4.98 Å². The average Bonchev–Trinajstić information content (AvgIpc) is 2.83. The zero-order valence-electron chi connectivity index (χ0n) is 13.8. The maximum Gasteiger partial charge on any atom is 0.247 e. The Bertz CT molecular complexity index is 1000. The van der Waals surface area contributed by atoms with E-state index in [4.69, 9.17) is 16.3 Å². The Balaban J connectivity index is 1.76. The molecule has 136 valence electrons. The van der Waals surface area contributed by atoms with Crippen molar-refractivity contribution < 1.29 is 14.6 Å². The number of carboxylic acids is 1. The molecule has 1 aliphatic heterocycles. The van der Waals surface area contributed by atoms with E-state index in [0.717, 1.165) is 28.6 Å². The lowest BCUT2D eigenvalue weighted by Crippen LogP contribution is -2.24. The molecule has 0 bridgehead atoms. The van der Waals surface area contributed by atoms with Crippen molar-refractivity contribution in [2.45, 2.75) is 11.4 Å². The monoisotopic (exact) mass is 399 g/mol. The van der Waals surface area contributed by atoms with Crippen LogP contribution in [-0.4, -0.2) is 26.9 Å². The fraction of sp³-hybridized carbons (Fsp3) is 0.111. The van der Waals surface area contributed by atoms with Gasteiger partial charge in [0.2, 0.25) is 11.0 Å². The van der Waals surface area contributed by atoms with Gasteiger partial charge in [0, 0.05) is 27.6 Å². The van der Waals surface area contributed by atoms with Crippen LogP contribution in [0.5, 0.6) is 5.88 Å². The zero-order valence-corrected chi connectivity index (χ0v) is 15.3. The number of hydrogen-bond acceptors (Lipinski definition) is 8. The zero-order chi connectivity index (χ0) is 18.8. The fourth-order valence-electron chi connectivity index (χ4n) is 2.62. The van der Waals surface area contributed by atoms with Crippen LogP contribution >= 0.6 is 23.4 Å². The number of thioether (sulfide) groups is 1. The number of hydrogen-bond donors (Lipinski definition) is 1. The van der Waals surface area contributed by atoms with Gasteiger partial charge in [0.1, 0.15) is 0 Å². The highest BCUT2D eigenvalue weighted by Crippen LogP contribution is 2.39. The van der Waals surface area contributed by atoms with Crippen molar-refractivity contribution in [3.05, 3.63) is 59.1 Å². The molecule has 7 nitrogen and oxygen atoms in total. The van der Waals surface area contributed by atoms with Crippen LogP contribution in [0.25, 0.3) is 11.3 Å². The molecule has 0 saturated heterocycles. The van der Waals surface area contributed by atoms with Crippen LogP contribution < -0.4 is 15.2 Å². The summed E-state index contributed by atoms with van der Waals surface area (Å²) in [6, 6.07) is 14.9. The van der Waals surface area contributed by atoms with Crippen molar-refractivity contribution in [2.24, 2.45) is 0 Å². The van der Waals surface area contributed by atoms with Gasteiger partial charge in [0.25, 0.3) is 0 Å². The van der Waals surface area contributed by atoms with E-state index in [2.05, 4.69) is 20.5 Å². The first-order valence-electron chi connectivity index (χ1n) is 7.95. The van der Waals surface area contributed by atoms with Crippen molar-refractivity contribution in [1.29, 1.82) is 0 Å². The van der Waals surface area contributed by atoms with Gasteiger partial charge in [-0.1, -0.05) is 53.7 Å². The van der Waals surface area contributed by atoms with E-state index < -0.39 is 12.2 Å². The fourth-order valence-corrected chi connectivity index (χ4v) is 3.24. The van der Waals surface area contributed by atoms with Crippen LogP contribution in [0.2, 0.25) is 5.02 Å². The Morgan fingerprint density at radius 3 is 2.74 bits per heavy atom. The number of nitrogens with zero attached hydrogens (tertiary/aromatic N) is 3. The van der Waals surface area contributed by atoms with E-state index >= 15 is 0 Å². The van der Waals surface area contributed by atoms with Gasteiger partial charge in [0.05, 0.1) is 5.97 Å². The lowest BCUT2D eigenvalue weighted by atomic mass is 10.1. The minimum Gasteiger partial charge on any atom is -0.549 e. The highest BCUT2D eigenvalue weighted by Gasteiger charge is 2.25. The standard InChI is InChI=1S/C18H13ClN4O3S/c19-11-7-5-10(6-8-11)16-20-13-4-2-1-3-12(13)15-17(26-16)21-18(23-22-15)27-9-14(24)25/h1-8,16,20H,9H2,(H,24,25)/p-1/t16-/m1/s1. The molecule has 0 unspecified atom stereocenters. The molecule has 2 aromatic carbocycles. The Morgan fingerprint density at radius 2 is 1.96 bits per heavy atom. The molecule has 27 heavy (non-hydrogen) atoms. The number of carboxylic acid groups (broad SMARTS) is 1. The number of aromatic nitrogens is 3. The van der Waals surface area contributed by atoms with E-state index in [0.29, 0.717) is 10.7 Å². The first-order valence-corrected chi connectivity index (χ1v) is 9.32. The number of aliphatic carboxylic acids is 1. The molecule has 0 amide bonds. The number of benzene rings is 2. The second-order valence-electron chi connectivity index (χ2n) is 5.65. The number of ether oxygens (including phenoxy) is 1. The molecule has 1 aromatic heterocycles. The number of halogens is 1. The Labute approximate surface area is 163 Å². The summed E-state index contributed by atoms with van der Waals surface area (Å²) in [5, 5.41) is 23.0. The summed E-state index contributed by atoms with van der Waals surface area (Å²) in [7, 11) is 0. The maximum atomic E-state index is 10.7. The normalized spacial score (nSPS) is 14.9. The quantitative estimate of drug-likeness (QED) is 0.668. The van der Waals surface area contributed by atoms with Gasteiger partial charge >= 0.3 is 0 Å². The lowest BCUT2D eigenvalue weighted by molar-refractivity contribution is -0.301. The van der Waals surface area contributed by atoms with Crippen molar-refractivity contribution in [2.75, 3.05) is 11.1 Å². The first kappa shape index (κ1) is 17.6. The van der Waals surface area contributed by atoms with Crippen LogP contribution in [-0.2, 0) is 4.79 Å². The summed E-state index contributed by atoms with van der Waals surface area (Å²) >= 11 is 6.90. The van der Waals surface area contributed by atoms with Gasteiger partial charge in [-0.25, -0.2) is 0 Å². The van der Waals surface area contributed by atoms with Crippen molar-refractivity contribution >= 4 is 35.0 Å². The third-order valence-corrected chi connectivity index (χ3v) is 4.89. The lowest BCUT2D eigenvalue weighted by Gasteiger charge is -2.19. The summed E-state index contributed by atoms with van der Waals surface area (Å²) in [5.41, 5.74) is 2.94. The van der Waals surface area contributed by atoms with E-state index in [9.17, 15) is 9.90 Å². The minimum absolute atomic E-state index is 0.201. The largest absolute Gasteiger partial charge is 0.549 e. The van der Waals surface area contributed by atoms with E-state index in [1.807, 2.05) is 36.4 Å². The summed E-state index contributed by atoms with van der Waals surface area (Å²) < 4.78 is 6.07. The molecule has 4 rings (SSSR count). The SMILES string of the molecule is O=C([O-])CSc1nnc2c(n1)O[C@H](c1ccc(Cl)cc1)Nc1ccccc1-2. The van der Waals surface area contributed by atoms with Crippen molar-refractivity contribution in [3.63, 3.8) is 0 Å². The highest BCUT2D eigenvalue weighted by molar-refractivity contribution is 7.99. The molecular weight excluding hydrogens is 388 g/mol. The Morgan fingerprint density at radius 1 is 1.19 bits per heavy atom. The second kappa shape index (κ2) is 7.42. The van der Waals surface area contributed by atoms with Gasteiger partial charge in [0.15, 0.2) is 11.9 Å². The summed E-state index contributed by atoms with van der Waals surface area (Å²) in [6.45, 7) is 0. The molecule has 3 aromatic rings. The molecule has 1 N–H and O–H groups in total. The van der Waals surface area contributed by atoms with Gasteiger partial charge < -0.3 is 20.0 Å². The number of fused-ring (bicyclic) bond motifs is 3. The summed E-state index contributed by atoms with van der Waals surface area (Å²) in [6.07, 6.45) is -0.527. The molecule has 1 atom stereocenters. The molecule has 1 aliphatic rings. The van der Waals surface area contributed by atoms with Crippen LogP contribution in [0.1, 0.15) is 11.8 Å². The average molecular weight is 400 g/mol. The molecule has 0 radical (unpaired) electrons. The molecule has 0 aliphatic carbocycles. The molecule has 0 fully saturated rings. The molecular formula is C18H12ClN4O3S-. The maximum absolute atomic E-state index is 10.7. The predicted molar refractivity (Wildman–Crippen MR) is 99.4 cm³/mol. The van der Waals surface area contributed by atoms with Gasteiger partial charge in [-0.15, -0.1) is 10.2 Å². The summed E-state index contributed by atoms with van der Waals surface area (Å²) in [4.78, 5) is 15.0. The van der Waals surface area contributed by atoms with E-state index in [-0.39, 0.29) is 16.8 Å². The Hall–Kier alpha value is -2.84. The minimum atomic E-state index is -1.20. The number of nitrogens with one attached hydrogen (secondary N) is 1. The van der Waals surface area contributed by atoms with E-state index in [1.165, 1.54) is 0 Å². The molecule has 2 heterocycles. The smallest absolute Gasteiger partial charge is 0.247 e. The third kappa shape index (κ3) is 3.81. The third-order valence-electron chi connectivity index (χ3n) is 3.83. The first-order chi connectivity index (χ1) is 13.1. The van der Waals surface area contributed by atoms with Crippen LogP contribution in [0.3, 0.4) is 0 Å². The summed E-state index contributed by atoms with van der Waals surface area (Å²) in [5.74, 6) is -1.20. The molecule has 0 saturated carbocycles. The van der Waals surface area contributed by atoms with Crippen LogP contribution in [0, 0.1) is 0 Å². The predicted octanol–water partition coefficient (Wildman–Crippen LogP) is 2.54. The highest BCUT2D eigenvalue weighted by atomic mass is 35.5. The topological polar surface area (TPSA) is 100 Å². The second-order valence-corrected chi connectivity index (χ2v) is 7.03. The molecule has 9 heteroatoms. The number of para-hydroxylation sites is 1. The van der Waals surface area contributed by atoms with Gasteiger partial charge in [-0.05, 0) is 18.2 Å². The van der Waals surface area contributed by atoms with Gasteiger partial charge in [-0.3, -0.25) is 0 Å². The van der Waals surface area contributed by atoms with E-state index in [1.54, 1.807) is 12.1 Å². The number of anilines is 1. The van der Waals surface area contributed by atoms with Crippen LogP contribution in [0.4, 0.5) is 5.69 Å². The Kier molecular flexibility index (Phi) is 4.83.